The Morgan fingerprint density at radius 2 is 1.54 bits per heavy atom. The molecule has 0 atom stereocenters. The van der Waals surface area contributed by atoms with E-state index in [0.29, 0.717) is 11.3 Å². The molecule has 0 saturated heterocycles. The number of rotatable bonds is 6. The maximum Gasteiger partial charge on any atom is 0.279 e. The summed E-state index contributed by atoms with van der Waals surface area (Å²) >= 11 is 0. The van der Waals surface area contributed by atoms with Crippen LogP contribution in [0.3, 0.4) is 0 Å². The van der Waals surface area contributed by atoms with Crippen molar-refractivity contribution in [3.05, 3.63) is 88.7 Å². The van der Waals surface area contributed by atoms with Crippen LogP contribution >= 0.6 is 0 Å². The van der Waals surface area contributed by atoms with Gasteiger partial charge in [-0.15, -0.1) is 0 Å². The van der Waals surface area contributed by atoms with Crippen LogP contribution in [0, 0.1) is 12.8 Å². The maximum absolute atomic E-state index is 13.4. The van der Waals surface area contributed by atoms with Crippen LogP contribution in [0.5, 0.6) is 0 Å². The number of anilines is 1. The maximum atomic E-state index is 13.4. The van der Waals surface area contributed by atoms with Gasteiger partial charge in [0.25, 0.3) is 5.56 Å². The molecule has 0 aliphatic carbocycles. The Balaban J connectivity index is 0.000000803. The highest BCUT2D eigenvalue weighted by Gasteiger charge is 2.14. The Morgan fingerprint density at radius 1 is 0.943 bits per heavy atom. The lowest BCUT2D eigenvalue weighted by Crippen LogP contribution is -2.23. The van der Waals surface area contributed by atoms with Gasteiger partial charge in [0.1, 0.15) is 6.79 Å². The Labute approximate surface area is 207 Å². The van der Waals surface area contributed by atoms with E-state index in [-0.39, 0.29) is 5.56 Å². The number of hydrogen-bond donors (Lipinski definition) is 1. The number of carbonyl (C=O) groups is 1. The van der Waals surface area contributed by atoms with Crippen LogP contribution in [0.1, 0.15) is 25.8 Å². The predicted molar refractivity (Wildman–Crippen MR) is 146 cm³/mol. The number of carbonyl (C=O) groups excluding carboxylic acids is 1. The molecule has 0 amide bonds. The molecule has 0 unspecified atom stereocenters. The zero-order chi connectivity index (χ0) is 25.8. The molecule has 6 heteroatoms. The van der Waals surface area contributed by atoms with Crippen LogP contribution in [-0.4, -0.2) is 37.3 Å². The Morgan fingerprint density at radius 3 is 2.17 bits per heavy atom. The monoisotopic (exact) mass is 473 g/mol. The van der Waals surface area contributed by atoms with E-state index in [0.717, 1.165) is 46.5 Å². The topological polar surface area (TPSA) is 73.2 Å². The summed E-state index contributed by atoms with van der Waals surface area (Å²) in [6.45, 7) is 9.34. The van der Waals surface area contributed by atoms with Crippen molar-refractivity contribution in [2.45, 2.75) is 27.2 Å². The van der Waals surface area contributed by atoms with E-state index in [2.05, 4.69) is 30.0 Å². The van der Waals surface area contributed by atoms with Crippen LogP contribution in [0.25, 0.3) is 27.7 Å². The molecule has 0 aliphatic rings. The molecule has 4 aromatic rings. The minimum atomic E-state index is -0.104. The minimum absolute atomic E-state index is 0.104. The van der Waals surface area contributed by atoms with Gasteiger partial charge in [-0.05, 0) is 43.0 Å². The number of nitrogens with one attached hydrogen (secondary N) is 1. The standard InChI is InChI=1S/C26H27N3O.C2H6O.CH2O/c1-18(2)15-16-27-21-14-13-19(3)24(17-21)29-26(30)23-12-8-7-11-22(23)25(28-29)20-9-5-4-6-10-20;1-3-2;1-2/h4-14,17-18,27H,15-16H2,1-3H3;1-2H3;1H2. The number of aryl methyl sites for hydroxylation is 1. The summed E-state index contributed by atoms with van der Waals surface area (Å²) in [5.41, 5.74) is 4.51. The number of ether oxygens (including phenoxy) is 1. The lowest BCUT2D eigenvalue weighted by atomic mass is 10.0. The lowest BCUT2D eigenvalue weighted by Gasteiger charge is -2.15. The average Bonchev–Trinajstić information content (AvgIpc) is 2.88. The molecule has 184 valence electrons. The van der Waals surface area contributed by atoms with Crippen molar-refractivity contribution in [3.8, 4) is 16.9 Å². The third-order valence-corrected chi connectivity index (χ3v) is 5.34. The number of aromatic nitrogens is 2. The van der Waals surface area contributed by atoms with Gasteiger partial charge < -0.3 is 14.8 Å². The van der Waals surface area contributed by atoms with Gasteiger partial charge in [0.15, 0.2) is 0 Å². The van der Waals surface area contributed by atoms with Gasteiger partial charge in [-0.3, -0.25) is 4.79 Å². The highest BCUT2D eigenvalue weighted by atomic mass is 16.4. The van der Waals surface area contributed by atoms with E-state index >= 15 is 0 Å². The molecule has 1 aromatic heterocycles. The van der Waals surface area contributed by atoms with Crippen LogP contribution in [-0.2, 0) is 9.53 Å². The van der Waals surface area contributed by atoms with Crippen molar-refractivity contribution in [2.75, 3.05) is 26.1 Å². The van der Waals surface area contributed by atoms with Gasteiger partial charge >= 0.3 is 0 Å². The number of methoxy groups -OCH3 is 1. The molecule has 0 spiro atoms. The van der Waals surface area contributed by atoms with Gasteiger partial charge in [-0.2, -0.15) is 9.78 Å². The first-order chi connectivity index (χ1) is 17.0. The highest BCUT2D eigenvalue weighted by molar-refractivity contribution is 5.93. The highest BCUT2D eigenvalue weighted by Crippen LogP contribution is 2.26. The third-order valence-electron chi connectivity index (χ3n) is 5.34. The fraction of sp³-hybridized carbons (Fsp3) is 0.276. The molecule has 6 nitrogen and oxygen atoms in total. The molecule has 1 heterocycles. The van der Waals surface area contributed by atoms with E-state index in [1.54, 1.807) is 18.9 Å². The van der Waals surface area contributed by atoms with Crippen LogP contribution in [0.4, 0.5) is 5.69 Å². The summed E-state index contributed by atoms with van der Waals surface area (Å²) in [6, 6.07) is 23.8. The van der Waals surface area contributed by atoms with Crippen molar-refractivity contribution < 1.29 is 9.53 Å². The second-order valence-electron chi connectivity index (χ2n) is 8.50. The molecule has 0 radical (unpaired) electrons. The molecule has 4 rings (SSSR count). The van der Waals surface area contributed by atoms with Crippen LogP contribution in [0.2, 0.25) is 0 Å². The first-order valence-electron chi connectivity index (χ1n) is 11.6. The molecule has 0 saturated carbocycles. The van der Waals surface area contributed by atoms with Crippen molar-refractivity contribution in [2.24, 2.45) is 5.92 Å². The van der Waals surface area contributed by atoms with Crippen molar-refractivity contribution >= 4 is 23.2 Å². The first-order valence-corrected chi connectivity index (χ1v) is 11.6. The number of benzene rings is 3. The Hall–Kier alpha value is -3.77. The number of fused-ring (bicyclic) bond motifs is 1. The van der Waals surface area contributed by atoms with Gasteiger partial charge in [-0.25, -0.2) is 0 Å². The first kappa shape index (κ1) is 27.5. The molecule has 35 heavy (non-hydrogen) atoms. The lowest BCUT2D eigenvalue weighted by molar-refractivity contribution is -0.0979. The fourth-order valence-electron chi connectivity index (χ4n) is 3.61. The summed E-state index contributed by atoms with van der Waals surface area (Å²) in [4.78, 5) is 21.4. The molecule has 0 aliphatic heterocycles. The van der Waals surface area contributed by atoms with E-state index in [9.17, 15) is 4.79 Å². The fourth-order valence-corrected chi connectivity index (χ4v) is 3.61. The smallest absolute Gasteiger partial charge is 0.279 e. The molecule has 1 N–H and O–H groups in total. The molecule has 0 bridgehead atoms. The zero-order valence-electron chi connectivity index (χ0n) is 21.2. The van der Waals surface area contributed by atoms with Gasteiger partial charge in [0.2, 0.25) is 0 Å². The Bertz CT molecular complexity index is 1270. The largest absolute Gasteiger partial charge is 0.388 e. The summed E-state index contributed by atoms with van der Waals surface area (Å²) in [5.74, 6) is 0.639. The van der Waals surface area contributed by atoms with Gasteiger partial charge in [-0.1, -0.05) is 68.4 Å². The molecular formula is C29H35N3O3. The third kappa shape index (κ3) is 7.11. The van der Waals surface area contributed by atoms with Crippen molar-refractivity contribution in [1.82, 2.24) is 9.78 Å². The van der Waals surface area contributed by atoms with E-state index in [1.807, 2.05) is 80.4 Å². The number of nitrogens with zero attached hydrogens (tertiary/aromatic N) is 2. The van der Waals surface area contributed by atoms with E-state index < -0.39 is 0 Å². The average molecular weight is 474 g/mol. The second kappa shape index (κ2) is 13.8. The molecular weight excluding hydrogens is 438 g/mol. The quantitative estimate of drug-likeness (QED) is 0.378. The summed E-state index contributed by atoms with van der Waals surface area (Å²) < 4.78 is 5.80. The van der Waals surface area contributed by atoms with E-state index in [1.165, 1.54) is 0 Å². The van der Waals surface area contributed by atoms with Crippen molar-refractivity contribution in [3.63, 3.8) is 0 Å². The predicted octanol–water partition coefficient (Wildman–Crippen LogP) is 5.90. The van der Waals surface area contributed by atoms with Crippen LogP contribution in [0.15, 0.2) is 77.6 Å². The molecule has 0 fully saturated rings. The van der Waals surface area contributed by atoms with Gasteiger partial charge in [0.05, 0.1) is 16.8 Å². The Kier molecular flexibility index (Phi) is 10.8. The SMILES string of the molecule is C=O.COC.Cc1ccc(NCCC(C)C)cc1-n1nc(-c2ccccc2)c2ccccc2c1=O. The van der Waals surface area contributed by atoms with Crippen LogP contribution < -0.4 is 10.9 Å². The van der Waals surface area contributed by atoms with Crippen molar-refractivity contribution in [1.29, 1.82) is 0 Å². The van der Waals surface area contributed by atoms with Gasteiger partial charge in [0, 0.05) is 37.4 Å². The number of hydrogen-bond acceptors (Lipinski definition) is 5. The zero-order valence-corrected chi connectivity index (χ0v) is 21.2. The minimum Gasteiger partial charge on any atom is -0.388 e. The summed E-state index contributed by atoms with van der Waals surface area (Å²) in [5, 5.41) is 9.84. The molecule has 3 aromatic carbocycles. The second-order valence-corrected chi connectivity index (χ2v) is 8.50. The normalized spacial score (nSPS) is 10.2. The van der Waals surface area contributed by atoms with E-state index in [4.69, 9.17) is 9.89 Å². The summed E-state index contributed by atoms with van der Waals surface area (Å²) in [7, 11) is 3.25. The summed E-state index contributed by atoms with van der Waals surface area (Å²) in [6.07, 6.45) is 1.09.